The van der Waals surface area contributed by atoms with Crippen molar-refractivity contribution in [2.75, 3.05) is 0 Å². The van der Waals surface area contributed by atoms with Crippen LogP contribution in [0.2, 0.25) is 5.02 Å². The second-order valence-corrected chi connectivity index (χ2v) is 4.36. The summed E-state index contributed by atoms with van der Waals surface area (Å²) >= 11 is 5.72. The Balaban J connectivity index is 2.22. The molecule has 90 valence electrons. The number of benzene rings is 1. The van der Waals surface area contributed by atoms with Gasteiger partial charge in [-0.2, -0.15) is 0 Å². The zero-order valence-corrected chi connectivity index (χ0v) is 10.2. The van der Waals surface area contributed by atoms with Crippen LogP contribution in [-0.2, 0) is 6.42 Å². The lowest BCUT2D eigenvalue weighted by Crippen LogP contribution is -2.14. The molecule has 0 fully saturated rings. The average Bonchev–Trinajstić information content (AvgIpc) is 2.71. The van der Waals surface area contributed by atoms with Crippen LogP contribution in [0.5, 0.6) is 0 Å². The molecule has 0 aliphatic heterocycles. The normalized spacial score (nSPS) is 12.7. The van der Waals surface area contributed by atoms with Crippen molar-refractivity contribution in [1.29, 1.82) is 0 Å². The van der Waals surface area contributed by atoms with Gasteiger partial charge in [-0.15, -0.1) is 0 Å². The van der Waals surface area contributed by atoms with Crippen molar-refractivity contribution in [2.24, 2.45) is 5.73 Å². The Bertz CT molecular complexity index is 524. The quantitative estimate of drug-likeness (QED) is 0.907. The maximum atomic E-state index is 13.7. The van der Waals surface area contributed by atoms with Crippen molar-refractivity contribution in [1.82, 2.24) is 0 Å². The summed E-state index contributed by atoms with van der Waals surface area (Å²) in [5.74, 6) is 0.366. The molecule has 2 rings (SSSR count). The van der Waals surface area contributed by atoms with Gasteiger partial charge in [0.15, 0.2) is 0 Å². The average molecular weight is 254 g/mol. The van der Waals surface area contributed by atoms with E-state index >= 15 is 0 Å². The second-order valence-electron chi connectivity index (χ2n) is 3.96. The molecule has 2 aromatic rings. The number of halogens is 2. The van der Waals surface area contributed by atoms with E-state index in [1.54, 1.807) is 18.4 Å². The molecule has 4 heteroatoms. The van der Waals surface area contributed by atoms with Crippen molar-refractivity contribution < 1.29 is 8.81 Å². The molecule has 1 aromatic heterocycles. The van der Waals surface area contributed by atoms with Gasteiger partial charge in [-0.3, -0.25) is 0 Å². The van der Waals surface area contributed by atoms with Gasteiger partial charge in [-0.05, 0) is 31.0 Å². The fraction of sp³-hybridized carbons (Fsp3) is 0.231. The largest absolute Gasteiger partial charge is 0.469 e. The SMILES string of the molecule is Cc1occc1C(N)Cc1cccc(Cl)c1F. The molecule has 2 nitrogen and oxygen atoms in total. The molecule has 1 atom stereocenters. The number of nitrogens with two attached hydrogens (primary N) is 1. The minimum absolute atomic E-state index is 0.124. The molecule has 1 heterocycles. The molecule has 2 N–H and O–H groups in total. The fourth-order valence-corrected chi connectivity index (χ4v) is 2.03. The highest BCUT2D eigenvalue weighted by molar-refractivity contribution is 6.30. The highest BCUT2D eigenvalue weighted by Crippen LogP contribution is 2.24. The minimum atomic E-state index is -0.397. The Kier molecular flexibility index (Phi) is 3.50. The Hall–Kier alpha value is -1.32. The summed E-state index contributed by atoms with van der Waals surface area (Å²) in [5.41, 5.74) is 7.43. The summed E-state index contributed by atoms with van der Waals surface area (Å²) in [6.07, 6.45) is 1.98. The first-order valence-corrected chi connectivity index (χ1v) is 5.70. The Morgan fingerprint density at radius 1 is 1.41 bits per heavy atom. The molecule has 17 heavy (non-hydrogen) atoms. The second kappa shape index (κ2) is 4.90. The number of hydrogen-bond donors (Lipinski definition) is 1. The van der Waals surface area contributed by atoms with E-state index in [2.05, 4.69) is 0 Å². The van der Waals surface area contributed by atoms with Gasteiger partial charge in [0.25, 0.3) is 0 Å². The summed E-state index contributed by atoms with van der Waals surface area (Å²) < 4.78 is 18.9. The van der Waals surface area contributed by atoms with Crippen LogP contribution in [0.4, 0.5) is 4.39 Å². The highest BCUT2D eigenvalue weighted by atomic mass is 35.5. The van der Waals surface area contributed by atoms with Crippen molar-refractivity contribution in [2.45, 2.75) is 19.4 Å². The van der Waals surface area contributed by atoms with E-state index in [1.807, 2.05) is 13.0 Å². The predicted octanol–water partition coefficient (Wildman–Crippen LogP) is 3.62. The van der Waals surface area contributed by atoms with Crippen LogP contribution in [0.25, 0.3) is 0 Å². The van der Waals surface area contributed by atoms with Crippen LogP contribution in [-0.4, -0.2) is 0 Å². The standard InChI is InChI=1S/C13H13ClFNO/c1-8-10(5-6-17-8)12(16)7-9-3-2-4-11(14)13(9)15/h2-6,12H,7,16H2,1H3. The minimum Gasteiger partial charge on any atom is -0.469 e. The maximum absolute atomic E-state index is 13.7. The first-order valence-electron chi connectivity index (χ1n) is 5.32. The number of hydrogen-bond acceptors (Lipinski definition) is 2. The van der Waals surface area contributed by atoms with Crippen molar-refractivity contribution in [3.63, 3.8) is 0 Å². The third kappa shape index (κ3) is 2.51. The van der Waals surface area contributed by atoms with Crippen molar-refractivity contribution in [3.8, 4) is 0 Å². The molecule has 0 spiro atoms. The number of rotatable bonds is 3. The Labute approximate surface area is 104 Å². The molecule has 1 aromatic carbocycles. The zero-order valence-electron chi connectivity index (χ0n) is 9.41. The molecular weight excluding hydrogens is 241 g/mol. The maximum Gasteiger partial charge on any atom is 0.145 e. The Morgan fingerprint density at radius 3 is 2.82 bits per heavy atom. The summed E-state index contributed by atoms with van der Waals surface area (Å²) in [6.45, 7) is 1.84. The lowest BCUT2D eigenvalue weighted by Gasteiger charge is -2.12. The summed E-state index contributed by atoms with van der Waals surface area (Å²) in [7, 11) is 0. The van der Waals surface area contributed by atoms with E-state index in [0.717, 1.165) is 11.3 Å². The molecule has 0 bridgehead atoms. The summed E-state index contributed by atoms with van der Waals surface area (Å²) in [6, 6.07) is 6.45. The van der Waals surface area contributed by atoms with Crippen molar-refractivity contribution >= 4 is 11.6 Å². The number of aryl methyl sites for hydroxylation is 1. The molecular formula is C13H13ClFNO. The summed E-state index contributed by atoms with van der Waals surface area (Å²) in [4.78, 5) is 0. The lowest BCUT2D eigenvalue weighted by atomic mass is 10.00. The molecule has 1 unspecified atom stereocenters. The third-order valence-electron chi connectivity index (χ3n) is 2.77. The van der Waals surface area contributed by atoms with Crippen LogP contribution in [0, 0.1) is 12.7 Å². The first kappa shape index (κ1) is 12.1. The molecule has 0 saturated carbocycles. The van der Waals surface area contributed by atoms with Gasteiger partial charge in [0.05, 0.1) is 11.3 Å². The van der Waals surface area contributed by atoms with Crippen LogP contribution < -0.4 is 5.73 Å². The van der Waals surface area contributed by atoms with Gasteiger partial charge < -0.3 is 10.2 Å². The van der Waals surface area contributed by atoms with Gasteiger partial charge in [0, 0.05) is 11.6 Å². The van der Waals surface area contributed by atoms with Crippen LogP contribution in [0.1, 0.15) is 22.9 Å². The smallest absolute Gasteiger partial charge is 0.145 e. The third-order valence-corrected chi connectivity index (χ3v) is 3.06. The van der Waals surface area contributed by atoms with E-state index in [1.165, 1.54) is 6.07 Å². The molecule has 0 saturated heterocycles. The van der Waals surface area contributed by atoms with Gasteiger partial charge in [0.2, 0.25) is 0 Å². The lowest BCUT2D eigenvalue weighted by molar-refractivity contribution is 0.522. The predicted molar refractivity (Wildman–Crippen MR) is 65.5 cm³/mol. The molecule has 0 radical (unpaired) electrons. The highest BCUT2D eigenvalue weighted by Gasteiger charge is 2.15. The van der Waals surface area contributed by atoms with E-state index in [4.69, 9.17) is 21.8 Å². The van der Waals surface area contributed by atoms with Crippen LogP contribution in [0.15, 0.2) is 34.9 Å². The monoisotopic (exact) mass is 253 g/mol. The number of furan rings is 1. The first-order chi connectivity index (χ1) is 8.09. The van der Waals surface area contributed by atoms with Crippen molar-refractivity contribution in [3.05, 3.63) is 58.3 Å². The van der Waals surface area contributed by atoms with Crippen LogP contribution in [0.3, 0.4) is 0 Å². The summed E-state index contributed by atoms with van der Waals surface area (Å²) in [5, 5.41) is 0.124. The molecule has 0 aliphatic rings. The molecule has 0 aliphatic carbocycles. The van der Waals surface area contributed by atoms with Gasteiger partial charge in [-0.25, -0.2) is 4.39 Å². The van der Waals surface area contributed by atoms with E-state index < -0.39 is 5.82 Å². The van der Waals surface area contributed by atoms with E-state index in [0.29, 0.717) is 12.0 Å². The fourth-order valence-electron chi connectivity index (χ4n) is 1.83. The van der Waals surface area contributed by atoms with Gasteiger partial charge >= 0.3 is 0 Å². The molecule has 0 amide bonds. The van der Waals surface area contributed by atoms with E-state index in [9.17, 15) is 4.39 Å². The Morgan fingerprint density at radius 2 is 2.18 bits per heavy atom. The zero-order chi connectivity index (χ0) is 12.4. The topological polar surface area (TPSA) is 39.2 Å². The van der Waals surface area contributed by atoms with Gasteiger partial charge in [-0.1, -0.05) is 23.7 Å². The van der Waals surface area contributed by atoms with E-state index in [-0.39, 0.29) is 11.1 Å². The van der Waals surface area contributed by atoms with Crippen LogP contribution >= 0.6 is 11.6 Å². The van der Waals surface area contributed by atoms with Gasteiger partial charge in [0.1, 0.15) is 11.6 Å².